The first-order valence-corrected chi connectivity index (χ1v) is 9.93. The quantitative estimate of drug-likeness (QED) is 0.512. The van der Waals surface area contributed by atoms with Crippen LogP contribution in [0.15, 0.2) is 48.2 Å². The molecule has 0 aliphatic rings. The number of benzene rings is 1. The maximum Gasteiger partial charge on any atom is 0.278 e. The van der Waals surface area contributed by atoms with Crippen molar-refractivity contribution in [2.24, 2.45) is 0 Å². The summed E-state index contributed by atoms with van der Waals surface area (Å²) in [7, 11) is 1.68. The van der Waals surface area contributed by atoms with Crippen LogP contribution < -0.4 is 4.90 Å². The monoisotopic (exact) mass is 402 g/mol. The van der Waals surface area contributed by atoms with Crippen molar-refractivity contribution < 1.29 is 4.79 Å². The lowest BCUT2D eigenvalue weighted by Gasteiger charge is -2.17. The second-order valence-electron chi connectivity index (χ2n) is 6.89. The highest BCUT2D eigenvalue weighted by Gasteiger charge is 2.18. The molecule has 29 heavy (non-hydrogen) atoms. The Balaban J connectivity index is 1.68. The molecule has 3 heterocycles. The van der Waals surface area contributed by atoms with E-state index in [0.29, 0.717) is 28.5 Å². The number of anilines is 1. The van der Waals surface area contributed by atoms with Crippen molar-refractivity contribution in [2.75, 3.05) is 11.9 Å². The SMILES string of the molecule is CC(C)c1nc(-c2cnc3cnc(C(=O)N(C)c4ccc(C#N)cc4)cn23)cs1. The number of nitriles is 1. The lowest BCUT2D eigenvalue weighted by atomic mass is 10.2. The molecule has 0 unspecified atom stereocenters. The average molecular weight is 402 g/mol. The molecule has 0 aliphatic heterocycles. The van der Waals surface area contributed by atoms with Crippen LogP contribution in [0.3, 0.4) is 0 Å². The topological polar surface area (TPSA) is 87.2 Å². The van der Waals surface area contributed by atoms with Gasteiger partial charge in [0, 0.05) is 30.2 Å². The Morgan fingerprint density at radius 3 is 2.62 bits per heavy atom. The zero-order valence-corrected chi connectivity index (χ0v) is 17.0. The van der Waals surface area contributed by atoms with E-state index >= 15 is 0 Å². The maximum atomic E-state index is 13.0. The van der Waals surface area contributed by atoms with Gasteiger partial charge in [0.25, 0.3) is 5.91 Å². The fourth-order valence-electron chi connectivity index (χ4n) is 2.91. The van der Waals surface area contributed by atoms with Gasteiger partial charge < -0.3 is 4.90 Å². The fraction of sp³-hybridized carbons (Fsp3) is 0.190. The van der Waals surface area contributed by atoms with Crippen molar-refractivity contribution in [1.82, 2.24) is 19.4 Å². The second kappa shape index (κ2) is 7.45. The van der Waals surface area contributed by atoms with Crippen LogP contribution in [0.25, 0.3) is 17.0 Å². The molecular weight excluding hydrogens is 384 g/mol. The van der Waals surface area contributed by atoms with Crippen molar-refractivity contribution in [2.45, 2.75) is 19.8 Å². The third-order valence-corrected chi connectivity index (χ3v) is 5.73. The lowest BCUT2D eigenvalue weighted by Crippen LogP contribution is -2.27. The highest BCUT2D eigenvalue weighted by molar-refractivity contribution is 7.10. The van der Waals surface area contributed by atoms with Crippen LogP contribution in [0.4, 0.5) is 5.69 Å². The lowest BCUT2D eigenvalue weighted by molar-refractivity contribution is 0.0988. The highest BCUT2D eigenvalue weighted by Crippen LogP contribution is 2.27. The van der Waals surface area contributed by atoms with E-state index in [2.05, 4.69) is 29.9 Å². The summed E-state index contributed by atoms with van der Waals surface area (Å²) < 4.78 is 1.84. The number of hydrogen-bond acceptors (Lipinski definition) is 6. The first-order valence-electron chi connectivity index (χ1n) is 9.05. The summed E-state index contributed by atoms with van der Waals surface area (Å²) in [6, 6.07) is 8.90. The van der Waals surface area contributed by atoms with E-state index in [9.17, 15) is 4.79 Å². The molecule has 4 rings (SSSR count). The standard InChI is InChI=1S/C21H18N6OS/c1-13(2)20-25-17(12-29-20)18-9-24-19-10-23-16(11-27(18)19)21(28)26(3)15-6-4-14(8-22)5-7-15/h4-7,9-13H,1-3H3. The van der Waals surface area contributed by atoms with Gasteiger partial charge in [-0.2, -0.15) is 5.26 Å². The van der Waals surface area contributed by atoms with Gasteiger partial charge in [0.1, 0.15) is 5.69 Å². The van der Waals surface area contributed by atoms with Crippen LogP contribution in [0.5, 0.6) is 0 Å². The van der Waals surface area contributed by atoms with Gasteiger partial charge in [0.05, 0.1) is 40.4 Å². The molecule has 7 nitrogen and oxygen atoms in total. The summed E-state index contributed by atoms with van der Waals surface area (Å²) in [4.78, 5) is 27.8. The Kier molecular flexibility index (Phi) is 4.82. The fourth-order valence-corrected chi connectivity index (χ4v) is 3.74. The van der Waals surface area contributed by atoms with E-state index in [1.807, 2.05) is 9.78 Å². The number of carbonyl (C=O) groups is 1. The van der Waals surface area contributed by atoms with Crippen LogP contribution in [-0.2, 0) is 0 Å². The molecule has 0 saturated heterocycles. The Hall–Kier alpha value is -3.57. The molecule has 1 amide bonds. The van der Waals surface area contributed by atoms with Crippen molar-refractivity contribution in [3.63, 3.8) is 0 Å². The summed E-state index contributed by atoms with van der Waals surface area (Å²) >= 11 is 1.61. The summed E-state index contributed by atoms with van der Waals surface area (Å²) in [5.41, 5.74) is 3.82. The van der Waals surface area contributed by atoms with Gasteiger partial charge >= 0.3 is 0 Å². The summed E-state index contributed by atoms with van der Waals surface area (Å²) in [5, 5.41) is 12.0. The van der Waals surface area contributed by atoms with Gasteiger partial charge in [-0.15, -0.1) is 11.3 Å². The molecule has 0 bridgehead atoms. The van der Waals surface area contributed by atoms with Crippen LogP contribution in [-0.4, -0.2) is 32.3 Å². The third kappa shape index (κ3) is 3.48. The Bertz CT molecular complexity index is 1230. The van der Waals surface area contributed by atoms with Gasteiger partial charge in [-0.3, -0.25) is 9.20 Å². The molecular formula is C21H18N6OS. The number of imidazole rings is 1. The van der Waals surface area contributed by atoms with E-state index in [1.54, 1.807) is 61.2 Å². The van der Waals surface area contributed by atoms with E-state index in [-0.39, 0.29) is 5.91 Å². The molecule has 8 heteroatoms. The smallest absolute Gasteiger partial charge is 0.278 e. The Morgan fingerprint density at radius 1 is 1.21 bits per heavy atom. The zero-order valence-electron chi connectivity index (χ0n) is 16.2. The summed E-state index contributed by atoms with van der Waals surface area (Å²) in [6.45, 7) is 4.22. The molecule has 4 aromatic rings. The van der Waals surface area contributed by atoms with Crippen molar-refractivity contribution in [3.8, 4) is 17.5 Å². The predicted molar refractivity (Wildman–Crippen MR) is 112 cm³/mol. The van der Waals surface area contributed by atoms with E-state index in [4.69, 9.17) is 10.2 Å². The van der Waals surface area contributed by atoms with E-state index in [0.717, 1.165) is 16.4 Å². The average Bonchev–Trinajstić information content (AvgIpc) is 3.39. The van der Waals surface area contributed by atoms with Gasteiger partial charge in [-0.1, -0.05) is 13.8 Å². The van der Waals surface area contributed by atoms with Crippen LogP contribution in [0, 0.1) is 11.3 Å². The number of thiazole rings is 1. The summed E-state index contributed by atoms with van der Waals surface area (Å²) in [5.74, 6) is 0.102. The molecule has 0 radical (unpaired) electrons. The molecule has 144 valence electrons. The van der Waals surface area contributed by atoms with Gasteiger partial charge in [0.2, 0.25) is 0 Å². The zero-order chi connectivity index (χ0) is 20.5. The number of carbonyl (C=O) groups excluding carboxylic acids is 1. The molecule has 0 spiro atoms. The normalized spacial score (nSPS) is 11.0. The third-order valence-electron chi connectivity index (χ3n) is 4.58. The minimum atomic E-state index is -0.252. The van der Waals surface area contributed by atoms with E-state index in [1.165, 1.54) is 4.90 Å². The Labute approximate surface area is 171 Å². The minimum absolute atomic E-state index is 0.252. The van der Waals surface area contributed by atoms with Crippen molar-refractivity contribution >= 4 is 28.6 Å². The molecule has 3 aromatic heterocycles. The first-order chi connectivity index (χ1) is 14.0. The molecule has 0 atom stereocenters. The van der Waals surface area contributed by atoms with Gasteiger partial charge in [-0.25, -0.2) is 15.0 Å². The minimum Gasteiger partial charge on any atom is -0.310 e. The van der Waals surface area contributed by atoms with Crippen LogP contribution in [0.1, 0.15) is 40.8 Å². The number of aromatic nitrogens is 4. The number of hydrogen-bond donors (Lipinski definition) is 0. The van der Waals surface area contributed by atoms with E-state index < -0.39 is 0 Å². The van der Waals surface area contributed by atoms with Gasteiger partial charge in [-0.05, 0) is 24.3 Å². The number of fused-ring (bicyclic) bond motifs is 1. The largest absolute Gasteiger partial charge is 0.310 e. The van der Waals surface area contributed by atoms with Gasteiger partial charge in [0.15, 0.2) is 5.65 Å². The molecule has 0 saturated carbocycles. The molecule has 0 N–H and O–H groups in total. The molecule has 1 aromatic carbocycles. The predicted octanol–water partition coefficient (Wildman–Crippen LogP) is 4.12. The Morgan fingerprint density at radius 2 is 1.97 bits per heavy atom. The highest BCUT2D eigenvalue weighted by atomic mass is 32.1. The van der Waals surface area contributed by atoms with Crippen molar-refractivity contribution in [1.29, 1.82) is 5.26 Å². The first kappa shape index (κ1) is 18.8. The van der Waals surface area contributed by atoms with Crippen LogP contribution >= 0.6 is 11.3 Å². The number of amides is 1. The van der Waals surface area contributed by atoms with Crippen LogP contribution in [0.2, 0.25) is 0 Å². The van der Waals surface area contributed by atoms with Crippen molar-refractivity contribution in [3.05, 3.63) is 64.5 Å². The maximum absolute atomic E-state index is 13.0. The number of rotatable bonds is 4. The number of nitrogens with zero attached hydrogens (tertiary/aromatic N) is 6. The summed E-state index contributed by atoms with van der Waals surface area (Å²) in [6.07, 6.45) is 5.02. The second-order valence-corrected chi connectivity index (χ2v) is 7.78. The molecule has 0 fully saturated rings. The molecule has 0 aliphatic carbocycles.